The van der Waals surface area contributed by atoms with Crippen LogP contribution in [-0.4, -0.2) is 25.5 Å². The molecular weight excluding hydrogens is 158 g/mol. The van der Waals surface area contributed by atoms with Crippen LogP contribution in [0.4, 0.5) is 0 Å². The molecule has 0 saturated heterocycles. The van der Waals surface area contributed by atoms with E-state index in [0.717, 1.165) is 12.1 Å². The fourth-order valence-corrected chi connectivity index (χ4v) is 0.950. The zero-order valence-corrected chi connectivity index (χ0v) is 9.09. The van der Waals surface area contributed by atoms with E-state index in [1.807, 2.05) is 19.1 Å². The monoisotopic (exact) mass is 177 g/mol. The Balaban J connectivity index is 4.02. The average Bonchev–Trinajstić information content (AvgIpc) is 2.02. The standard InChI is InChI=1S/C12H19N/c1-6-11(2)8-7-9-12(3)10-13(4)5/h6,8,12H,1,10H2,2-5H3/b11-8-. The molecule has 0 fully saturated rings. The van der Waals surface area contributed by atoms with Crippen LogP contribution in [0.5, 0.6) is 0 Å². The molecule has 0 amide bonds. The van der Waals surface area contributed by atoms with Crippen molar-refractivity contribution in [3.05, 3.63) is 24.3 Å². The third kappa shape index (κ3) is 7.36. The van der Waals surface area contributed by atoms with Crippen LogP contribution in [-0.2, 0) is 0 Å². The summed E-state index contributed by atoms with van der Waals surface area (Å²) in [5, 5.41) is 0. The van der Waals surface area contributed by atoms with Crippen LogP contribution in [0.2, 0.25) is 0 Å². The average molecular weight is 177 g/mol. The molecule has 1 atom stereocenters. The first-order valence-electron chi connectivity index (χ1n) is 4.51. The van der Waals surface area contributed by atoms with Crippen LogP contribution in [0, 0.1) is 17.8 Å². The predicted octanol–water partition coefficient (Wildman–Crippen LogP) is 2.32. The predicted molar refractivity (Wildman–Crippen MR) is 59.4 cm³/mol. The van der Waals surface area contributed by atoms with E-state index in [1.54, 1.807) is 0 Å². The van der Waals surface area contributed by atoms with Gasteiger partial charge in [0.15, 0.2) is 0 Å². The number of allylic oxidation sites excluding steroid dienone is 3. The minimum atomic E-state index is 0.420. The first kappa shape index (κ1) is 12.0. The van der Waals surface area contributed by atoms with Gasteiger partial charge in [-0.2, -0.15) is 0 Å². The summed E-state index contributed by atoms with van der Waals surface area (Å²) in [7, 11) is 4.12. The Morgan fingerprint density at radius 2 is 2.15 bits per heavy atom. The number of nitrogens with zero attached hydrogens (tertiary/aromatic N) is 1. The van der Waals surface area contributed by atoms with E-state index in [-0.39, 0.29) is 0 Å². The second kappa shape index (κ2) is 6.51. The Bertz CT molecular complexity index is 238. The van der Waals surface area contributed by atoms with Crippen LogP contribution in [0.25, 0.3) is 0 Å². The van der Waals surface area contributed by atoms with E-state index in [2.05, 4.69) is 44.3 Å². The number of hydrogen-bond acceptors (Lipinski definition) is 1. The first-order valence-corrected chi connectivity index (χ1v) is 4.51. The summed E-state index contributed by atoms with van der Waals surface area (Å²) in [6.45, 7) is 8.80. The van der Waals surface area contributed by atoms with E-state index in [4.69, 9.17) is 0 Å². The number of hydrogen-bond donors (Lipinski definition) is 0. The molecule has 13 heavy (non-hydrogen) atoms. The molecule has 0 aromatic heterocycles. The highest BCUT2D eigenvalue weighted by Crippen LogP contribution is 1.95. The van der Waals surface area contributed by atoms with Crippen LogP contribution in [0.3, 0.4) is 0 Å². The van der Waals surface area contributed by atoms with Gasteiger partial charge in [0, 0.05) is 12.5 Å². The Morgan fingerprint density at radius 1 is 1.54 bits per heavy atom. The van der Waals surface area contributed by atoms with Crippen LogP contribution in [0.15, 0.2) is 24.3 Å². The highest BCUT2D eigenvalue weighted by atomic mass is 15.0. The fraction of sp³-hybridized carbons (Fsp3) is 0.500. The molecule has 1 unspecified atom stereocenters. The van der Waals surface area contributed by atoms with Crippen molar-refractivity contribution in [2.45, 2.75) is 13.8 Å². The highest BCUT2D eigenvalue weighted by molar-refractivity contribution is 5.26. The summed E-state index contributed by atoms with van der Waals surface area (Å²) in [6, 6.07) is 0. The van der Waals surface area contributed by atoms with Gasteiger partial charge in [-0.15, -0.1) is 0 Å². The molecule has 0 saturated carbocycles. The van der Waals surface area contributed by atoms with Gasteiger partial charge in [0.2, 0.25) is 0 Å². The van der Waals surface area contributed by atoms with Crippen molar-refractivity contribution >= 4 is 0 Å². The molecule has 72 valence electrons. The largest absolute Gasteiger partial charge is 0.308 e. The zero-order valence-electron chi connectivity index (χ0n) is 9.09. The molecule has 0 rings (SSSR count). The van der Waals surface area contributed by atoms with Gasteiger partial charge in [-0.1, -0.05) is 31.4 Å². The van der Waals surface area contributed by atoms with Crippen molar-refractivity contribution in [1.82, 2.24) is 4.90 Å². The molecule has 1 heteroatoms. The highest BCUT2D eigenvalue weighted by Gasteiger charge is 1.96. The molecule has 0 aliphatic rings. The van der Waals surface area contributed by atoms with E-state index in [1.165, 1.54) is 0 Å². The molecule has 0 aromatic carbocycles. The summed E-state index contributed by atoms with van der Waals surface area (Å²) in [6.07, 6.45) is 3.71. The fourth-order valence-electron chi connectivity index (χ4n) is 0.950. The van der Waals surface area contributed by atoms with Gasteiger partial charge in [0.05, 0.1) is 0 Å². The molecule has 0 aliphatic carbocycles. The first-order chi connectivity index (χ1) is 6.06. The Labute approximate surface area is 82.1 Å². The summed E-state index contributed by atoms with van der Waals surface area (Å²) in [4.78, 5) is 2.14. The van der Waals surface area contributed by atoms with E-state index in [9.17, 15) is 0 Å². The molecule has 0 bridgehead atoms. The van der Waals surface area contributed by atoms with Crippen molar-refractivity contribution < 1.29 is 0 Å². The van der Waals surface area contributed by atoms with Crippen molar-refractivity contribution in [2.75, 3.05) is 20.6 Å². The lowest BCUT2D eigenvalue weighted by molar-refractivity contribution is 0.376. The normalized spacial score (nSPS) is 13.5. The lowest BCUT2D eigenvalue weighted by Gasteiger charge is -2.10. The zero-order chi connectivity index (χ0) is 10.3. The van der Waals surface area contributed by atoms with Crippen molar-refractivity contribution in [2.24, 2.45) is 5.92 Å². The van der Waals surface area contributed by atoms with Crippen molar-refractivity contribution in [3.63, 3.8) is 0 Å². The van der Waals surface area contributed by atoms with Crippen LogP contribution < -0.4 is 0 Å². The molecule has 0 spiro atoms. The minimum Gasteiger partial charge on any atom is -0.308 e. The second-order valence-electron chi connectivity index (χ2n) is 3.54. The Morgan fingerprint density at radius 3 is 2.62 bits per heavy atom. The lowest BCUT2D eigenvalue weighted by atomic mass is 10.2. The third-order valence-electron chi connectivity index (χ3n) is 1.59. The Hall–Kier alpha value is -1.00. The van der Waals surface area contributed by atoms with Gasteiger partial charge in [0.1, 0.15) is 0 Å². The van der Waals surface area contributed by atoms with Gasteiger partial charge in [-0.25, -0.2) is 0 Å². The summed E-state index contributed by atoms with van der Waals surface area (Å²) in [5.74, 6) is 6.61. The molecule has 1 nitrogen and oxygen atoms in total. The minimum absolute atomic E-state index is 0.420. The van der Waals surface area contributed by atoms with Crippen molar-refractivity contribution in [1.29, 1.82) is 0 Å². The van der Waals surface area contributed by atoms with Crippen LogP contribution in [0.1, 0.15) is 13.8 Å². The quantitative estimate of drug-likeness (QED) is 0.472. The van der Waals surface area contributed by atoms with E-state index < -0.39 is 0 Å². The lowest BCUT2D eigenvalue weighted by Crippen LogP contribution is -2.18. The molecule has 0 heterocycles. The molecular formula is C12H19N. The topological polar surface area (TPSA) is 3.24 Å². The van der Waals surface area contributed by atoms with Gasteiger partial charge < -0.3 is 4.90 Å². The van der Waals surface area contributed by atoms with Crippen LogP contribution >= 0.6 is 0 Å². The van der Waals surface area contributed by atoms with Gasteiger partial charge >= 0.3 is 0 Å². The summed E-state index contributed by atoms with van der Waals surface area (Å²) < 4.78 is 0. The molecule has 0 radical (unpaired) electrons. The SMILES string of the molecule is C=C/C(C)=C\C#CC(C)CN(C)C. The van der Waals surface area contributed by atoms with Gasteiger partial charge in [0.25, 0.3) is 0 Å². The third-order valence-corrected chi connectivity index (χ3v) is 1.59. The number of rotatable bonds is 3. The van der Waals surface area contributed by atoms with Gasteiger partial charge in [-0.3, -0.25) is 0 Å². The maximum Gasteiger partial charge on any atom is 0.0305 e. The van der Waals surface area contributed by atoms with E-state index in [0.29, 0.717) is 5.92 Å². The summed E-state index contributed by atoms with van der Waals surface area (Å²) >= 11 is 0. The van der Waals surface area contributed by atoms with Gasteiger partial charge in [-0.05, 0) is 32.7 Å². The maximum atomic E-state index is 3.66. The Kier molecular flexibility index (Phi) is 6.01. The molecule has 0 N–H and O–H groups in total. The second-order valence-corrected chi connectivity index (χ2v) is 3.54. The molecule has 0 aromatic rings. The summed E-state index contributed by atoms with van der Waals surface area (Å²) in [5.41, 5.74) is 1.12. The molecule has 0 aliphatic heterocycles. The van der Waals surface area contributed by atoms with Crippen molar-refractivity contribution in [3.8, 4) is 11.8 Å². The smallest absolute Gasteiger partial charge is 0.0305 e. The maximum absolute atomic E-state index is 3.66. The van der Waals surface area contributed by atoms with E-state index >= 15 is 0 Å².